The van der Waals surface area contributed by atoms with E-state index in [0.717, 1.165) is 17.0 Å². The molecular formula is C16H13N3O2. The van der Waals surface area contributed by atoms with Gasteiger partial charge in [0.2, 0.25) is 0 Å². The molecule has 0 atom stereocenters. The maximum Gasteiger partial charge on any atom is 0.251 e. The second kappa shape index (κ2) is 6.00. The lowest BCUT2D eigenvalue weighted by atomic mass is 10.2. The van der Waals surface area contributed by atoms with Gasteiger partial charge in [0.15, 0.2) is 5.76 Å². The molecule has 0 saturated carbocycles. The molecule has 0 aliphatic heterocycles. The van der Waals surface area contributed by atoms with Crippen LogP contribution in [-0.4, -0.2) is 15.9 Å². The van der Waals surface area contributed by atoms with E-state index >= 15 is 0 Å². The fourth-order valence-corrected chi connectivity index (χ4v) is 1.89. The van der Waals surface area contributed by atoms with E-state index in [1.54, 1.807) is 37.0 Å². The van der Waals surface area contributed by atoms with E-state index in [2.05, 4.69) is 15.3 Å². The van der Waals surface area contributed by atoms with Crippen LogP contribution in [0.15, 0.2) is 65.7 Å². The minimum atomic E-state index is -0.132. The number of nitrogens with one attached hydrogen (secondary N) is 1. The fourth-order valence-electron chi connectivity index (χ4n) is 1.89. The predicted molar refractivity (Wildman–Crippen MR) is 77.3 cm³/mol. The number of hydrogen-bond acceptors (Lipinski definition) is 4. The molecule has 0 bridgehead atoms. The Morgan fingerprint density at radius 2 is 2.00 bits per heavy atom. The van der Waals surface area contributed by atoms with Gasteiger partial charge in [0.05, 0.1) is 6.26 Å². The standard InChI is InChI=1S/C16H13N3O2/c20-16(13-5-7-17-8-6-13)19-11-12-3-4-14(18-10-12)15-2-1-9-21-15/h1-10H,11H2,(H,19,20). The van der Waals surface area contributed by atoms with Crippen molar-refractivity contribution in [2.45, 2.75) is 6.54 Å². The van der Waals surface area contributed by atoms with Crippen molar-refractivity contribution >= 4 is 5.91 Å². The van der Waals surface area contributed by atoms with Crippen molar-refractivity contribution in [3.05, 3.63) is 72.4 Å². The summed E-state index contributed by atoms with van der Waals surface area (Å²) < 4.78 is 5.28. The molecule has 21 heavy (non-hydrogen) atoms. The van der Waals surface area contributed by atoms with E-state index in [4.69, 9.17) is 4.42 Å². The van der Waals surface area contributed by atoms with Crippen molar-refractivity contribution in [3.8, 4) is 11.5 Å². The van der Waals surface area contributed by atoms with Crippen molar-refractivity contribution in [3.63, 3.8) is 0 Å². The highest BCUT2D eigenvalue weighted by molar-refractivity contribution is 5.93. The van der Waals surface area contributed by atoms with Crippen molar-refractivity contribution in [2.75, 3.05) is 0 Å². The molecule has 3 aromatic rings. The molecule has 1 amide bonds. The van der Waals surface area contributed by atoms with Crippen LogP contribution in [0.2, 0.25) is 0 Å². The molecule has 5 heteroatoms. The third-order valence-electron chi connectivity index (χ3n) is 2.99. The monoisotopic (exact) mass is 279 g/mol. The number of amides is 1. The topological polar surface area (TPSA) is 68.0 Å². The fraction of sp³-hybridized carbons (Fsp3) is 0.0625. The molecule has 3 aromatic heterocycles. The van der Waals surface area contributed by atoms with Crippen LogP contribution in [0.1, 0.15) is 15.9 Å². The van der Waals surface area contributed by atoms with Crippen LogP contribution in [0.5, 0.6) is 0 Å². The third kappa shape index (κ3) is 3.14. The van der Waals surface area contributed by atoms with Gasteiger partial charge >= 0.3 is 0 Å². The SMILES string of the molecule is O=C(NCc1ccc(-c2ccco2)nc1)c1ccncc1. The number of furan rings is 1. The summed E-state index contributed by atoms with van der Waals surface area (Å²) in [4.78, 5) is 20.1. The molecule has 0 radical (unpaired) electrons. The first-order chi connectivity index (χ1) is 10.3. The van der Waals surface area contributed by atoms with Crippen LogP contribution in [-0.2, 0) is 6.54 Å². The van der Waals surface area contributed by atoms with Crippen LogP contribution < -0.4 is 5.32 Å². The number of carbonyl (C=O) groups is 1. The summed E-state index contributed by atoms with van der Waals surface area (Å²) in [6.45, 7) is 0.423. The maximum absolute atomic E-state index is 11.9. The van der Waals surface area contributed by atoms with E-state index < -0.39 is 0 Å². The van der Waals surface area contributed by atoms with Crippen molar-refractivity contribution < 1.29 is 9.21 Å². The zero-order chi connectivity index (χ0) is 14.5. The van der Waals surface area contributed by atoms with E-state index in [-0.39, 0.29) is 5.91 Å². The number of nitrogens with zero attached hydrogens (tertiary/aromatic N) is 2. The normalized spacial score (nSPS) is 10.3. The minimum Gasteiger partial charge on any atom is -0.463 e. The zero-order valence-electron chi connectivity index (χ0n) is 11.2. The summed E-state index contributed by atoms with van der Waals surface area (Å²) in [5, 5.41) is 2.84. The average molecular weight is 279 g/mol. The molecule has 0 saturated heterocycles. The molecule has 0 fully saturated rings. The quantitative estimate of drug-likeness (QED) is 0.797. The van der Waals surface area contributed by atoms with Crippen molar-refractivity contribution in [1.82, 2.24) is 15.3 Å². The van der Waals surface area contributed by atoms with Gasteiger partial charge in [-0.05, 0) is 35.9 Å². The summed E-state index contributed by atoms with van der Waals surface area (Å²) in [5.41, 5.74) is 2.28. The van der Waals surface area contributed by atoms with E-state index in [1.165, 1.54) is 0 Å². The first kappa shape index (κ1) is 13.1. The molecule has 104 valence electrons. The van der Waals surface area contributed by atoms with Gasteiger partial charge in [-0.1, -0.05) is 6.07 Å². The summed E-state index contributed by atoms with van der Waals surface area (Å²) in [6, 6.07) is 10.8. The van der Waals surface area contributed by atoms with Crippen LogP contribution >= 0.6 is 0 Å². The molecule has 3 rings (SSSR count). The van der Waals surface area contributed by atoms with Gasteiger partial charge in [-0.15, -0.1) is 0 Å². The summed E-state index contributed by atoms with van der Waals surface area (Å²) in [6.07, 6.45) is 6.52. The lowest BCUT2D eigenvalue weighted by Gasteiger charge is -2.05. The van der Waals surface area contributed by atoms with Gasteiger partial charge in [0.1, 0.15) is 5.69 Å². The molecule has 3 heterocycles. The summed E-state index contributed by atoms with van der Waals surface area (Å²) >= 11 is 0. The number of rotatable bonds is 4. The van der Waals surface area contributed by atoms with Gasteiger partial charge in [-0.3, -0.25) is 14.8 Å². The largest absolute Gasteiger partial charge is 0.463 e. The van der Waals surface area contributed by atoms with E-state index in [0.29, 0.717) is 12.1 Å². The minimum absolute atomic E-state index is 0.132. The Morgan fingerprint density at radius 3 is 2.67 bits per heavy atom. The highest BCUT2D eigenvalue weighted by atomic mass is 16.3. The first-order valence-electron chi connectivity index (χ1n) is 6.50. The molecule has 1 N–H and O–H groups in total. The number of pyridine rings is 2. The third-order valence-corrected chi connectivity index (χ3v) is 2.99. The van der Waals surface area contributed by atoms with Gasteiger partial charge < -0.3 is 9.73 Å². The second-order valence-electron chi connectivity index (χ2n) is 4.45. The lowest BCUT2D eigenvalue weighted by Crippen LogP contribution is -2.22. The molecule has 5 nitrogen and oxygen atoms in total. The smallest absolute Gasteiger partial charge is 0.251 e. The van der Waals surface area contributed by atoms with Gasteiger partial charge in [0, 0.05) is 30.7 Å². The highest BCUT2D eigenvalue weighted by Crippen LogP contribution is 2.17. The van der Waals surface area contributed by atoms with Crippen molar-refractivity contribution in [2.24, 2.45) is 0 Å². The molecule has 0 aromatic carbocycles. The zero-order valence-corrected chi connectivity index (χ0v) is 11.2. The Kier molecular flexibility index (Phi) is 3.73. The van der Waals surface area contributed by atoms with Gasteiger partial charge in [0.25, 0.3) is 5.91 Å². The van der Waals surface area contributed by atoms with Crippen LogP contribution in [0.3, 0.4) is 0 Å². The Bertz CT molecular complexity index is 707. The number of aromatic nitrogens is 2. The summed E-state index contributed by atoms with van der Waals surface area (Å²) in [5.74, 6) is 0.592. The number of hydrogen-bond donors (Lipinski definition) is 1. The Morgan fingerprint density at radius 1 is 1.14 bits per heavy atom. The number of carbonyl (C=O) groups excluding carboxylic acids is 1. The summed E-state index contributed by atoms with van der Waals surface area (Å²) in [7, 11) is 0. The predicted octanol–water partition coefficient (Wildman–Crippen LogP) is 2.67. The van der Waals surface area contributed by atoms with Crippen LogP contribution in [0, 0.1) is 0 Å². The molecule has 0 spiro atoms. The van der Waals surface area contributed by atoms with E-state index in [9.17, 15) is 4.79 Å². The second-order valence-corrected chi connectivity index (χ2v) is 4.45. The van der Waals surface area contributed by atoms with Crippen molar-refractivity contribution in [1.29, 1.82) is 0 Å². The Balaban J connectivity index is 1.62. The Labute approximate surface area is 121 Å². The molecular weight excluding hydrogens is 266 g/mol. The van der Waals surface area contributed by atoms with E-state index in [1.807, 2.05) is 24.3 Å². The molecule has 0 aliphatic rings. The first-order valence-corrected chi connectivity index (χ1v) is 6.50. The maximum atomic E-state index is 11.9. The van der Waals surface area contributed by atoms with Gasteiger partial charge in [-0.25, -0.2) is 0 Å². The Hall–Kier alpha value is -2.95. The average Bonchev–Trinajstić information content (AvgIpc) is 3.08. The molecule has 0 unspecified atom stereocenters. The lowest BCUT2D eigenvalue weighted by molar-refractivity contribution is 0.0951. The molecule has 0 aliphatic carbocycles. The van der Waals surface area contributed by atoms with Crippen LogP contribution in [0.25, 0.3) is 11.5 Å². The van der Waals surface area contributed by atoms with Crippen LogP contribution in [0.4, 0.5) is 0 Å². The highest BCUT2D eigenvalue weighted by Gasteiger charge is 2.05. The van der Waals surface area contributed by atoms with Gasteiger partial charge in [-0.2, -0.15) is 0 Å².